The summed E-state index contributed by atoms with van der Waals surface area (Å²) >= 11 is 0. The second-order valence-corrected chi connectivity index (χ2v) is 6.49. The lowest BCUT2D eigenvalue weighted by molar-refractivity contribution is -0.140. The van der Waals surface area contributed by atoms with E-state index in [1.165, 1.54) is 25.7 Å². The van der Waals surface area contributed by atoms with E-state index < -0.39 is 28.9 Å². The Bertz CT molecular complexity index is 617. The van der Waals surface area contributed by atoms with Gasteiger partial charge in [-0.2, -0.15) is 9.65 Å². The Labute approximate surface area is 141 Å². The molecule has 0 amide bonds. The summed E-state index contributed by atoms with van der Waals surface area (Å²) < 4.78 is 32.4. The van der Waals surface area contributed by atoms with E-state index in [4.69, 9.17) is 10.00 Å². The van der Waals surface area contributed by atoms with Crippen molar-refractivity contribution in [1.29, 1.82) is 5.26 Å². The van der Waals surface area contributed by atoms with Crippen LogP contribution in [-0.2, 0) is 4.79 Å². The Morgan fingerprint density at radius 2 is 1.92 bits per heavy atom. The van der Waals surface area contributed by atoms with Gasteiger partial charge in [0.05, 0.1) is 11.5 Å². The van der Waals surface area contributed by atoms with Gasteiger partial charge in [0.25, 0.3) is 0 Å². The van der Waals surface area contributed by atoms with Gasteiger partial charge in [-0.1, -0.05) is 32.6 Å². The van der Waals surface area contributed by atoms with Crippen LogP contribution >= 0.6 is 0 Å². The van der Waals surface area contributed by atoms with Crippen LogP contribution in [0.1, 0.15) is 63.9 Å². The number of halogens is 2. The number of nitriles is 1. The molecule has 0 radical (unpaired) electrons. The quantitative estimate of drug-likeness (QED) is 0.411. The van der Waals surface area contributed by atoms with Gasteiger partial charge in [-0.3, -0.25) is 4.79 Å². The highest BCUT2D eigenvalue weighted by molar-refractivity contribution is 5.75. The molecule has 1 aliphatic carbocycles. The van der Waals surface area contributed by atoms with E-state index in [1.54, 1.807) is 6.07 Å². The second kappa shape index (κ2) is 8.77. The Kier molecular flexibility index (Phi) is 6.72. The van der Waals surface area contributed by atoms with E-state index in [2.05, 4.69) is 6.92 Å². The molecule has 1 saturated carbocycles. The average molecular weight is 335 g/mol. The van der Waals surface area contributed by atoms with Crippen molar-refractivity contribution in [2.45, 2.75) is 58.3 Å². The highest BCUT2D eigenvalue weighted by Gasteiger charge is 2.28. The largest absolute Gasteiger partial charge is 0.423 e. The maximum absolute atomic E-state index is 13.8. The molecule has 130 valence electrons. The number of rotatable bonds is 6. The van der Waals surface area contributed by atoms with Gasteiger partial charge in [0.2, 0.25) is 5.82 Å². The van der Waals surface area contributed by atoms with E-state index in [0.717, 1.165) is 37.8 Å². The Balaban J connectivity index is 1.88. The highest BCUT2D eigenvalue weighted by atomic mass is 19.2. The van der Waals surface area contributed by atoms with Crippen molar-refractivity contribution in [2.24, 2.45) is 11.8 Å². The number of esters is 1. The lowest BCUT2D eigenvalue weighted by atomic mass is 9.80. The normalized spacial score (nSPS) is 20.4. The van der Waals surface area contributed by atoms with Gasteiger partial charge in [-0.15, -0.1) is 0 Å². The zero-order valence-corrected chi connectivity index (χ0v) is 14.0. The van der Waals surface area contributed by atoms with Crippen molar-refractivity contribution in [3.63, 3.8) is 0 Å². The fourth-order valence-electron chi connectivity index (χ4n) is 3.26. The van der Waals surface area contributed by atoms with Crippen LogP contribution in [0.5, 0.6) is 5.75 Å². The molecule has 0 saturated heterocycles. The number of hydrogen-bond donors (Lipinski definition) is 0. The first-order chi connectivity index (χ1) is 11.6. The molecular weight excluding hydrogens is 312 g/mol. The number of ether oxygens (including phenoxy) is 1. The molecule has 5 heteroatoms. The molecule has 0 unspecified atom stereocenters. The first kappa shape index (κ1) is 18.4. The van der Waals surface area contributed by atoms with Crippen LogP contribution in [0.4, 0.5) is 8.78 Å². The molecule has 0 atom stereocenters. The number of unbranched alkanes of at least 4 members (excludes halogenated alkanes) is 2. The monoisotopic (exact) mass is 335 g/mol. The van der Waals surface area contributed by atoms with Crippen LogP contribution in [0.15, 0.2) is 12.1 Å². The molecular formula is C19H23F2NO2. The van der Waals surface area contributed by atoms with Crippen LogP contribution in [0.25, 0.3) is 0 Å². The van der Waals surface area contributed by atoms with Crippen LogP contribution in [0, 0.1) is 34.8 Å². The van der Waals surface area contributed by atoms with E-state index in [1.807, 2.05) is 0 Å². The van der Waals surface area contributed by atoms with E-state index in [-0.39, 0.29) is 5.92 Å². The summed E-state index contributed by atoms with van der Waals surface area (Å²) in [7, 11) is 0. The summed E-state index contributed by atoms with van der Waals surface area (Å²) in [6.07, 6.45) is 8.30. The molecule has 0 heterocycles. The highest BCUT2D eigenvalue weighted by Crippen LogP contribution is 2.33. The maximum atomic E-state index is 13.8. The topological polar surface area (TPSA) is 50.1 Å². The fourth-order valence-corrected chi connectivity index (χ4v) is 3.26. The minimum absolute atomic E-state index is 0.259. The lowest BCUT2D eigenvalue weighted by Gasteiger charge is -2.27. The number of carbonyl (C=O) groups excluding carboxylic acids is 1. The molecule has 24 heavy (non-hydrogen) atoms. The summed E-state index contributed by atoms with van der Waals surface area (Å²) in [6.45, 7) is 2.18. The maximum Gasteiger partial charge on any atom is 0.314 e. The van der Waals surface area contributed by atoms with Crippen LogP contribution in [0.3, 0.4) is 0 Å². The Morgan fingerprint density at radius 1 is 1.21 bits per heavy atom. The third-order valence-electron chi connectivity index (χ3n) is 4.77. The first-order valence-electron chi connectivity index (χ1n) is 8.66. The van der Waals surface area contributed by atoms with Gasteiger partial charge in [-0.05, 0) is 43.7 Å². The number of nitrogens with zero attached hydrogens (tertiary/aromatic N) is 1. The standard InChI is InChI=1S/C19H23F2NO2/c1-2-3-4-5-13-6-8-14(9-7-13)19(23)24-16-11-10-15(12-22)17(20)18(16)21/h10-11,13-14H,2-9H2,1H3. The predicted molar refractivity (Wildman–Crippen MR) is 86.3 cm³/mol. The SMILES string of the molecule is CCCCCC1CCC(C(=O)Oc2ccc(C#N)c(F)c2F)CC1. The minimum Gasteiger partial charge on any atom is -0.423 e. The molecule has 0 aliphatic heterocycles. The second-order valence-electron chi connectivity index (χ2n) is 6.49. The Hall–Kier alpha value is -1.96. The van der Waals surface area contributed by atoms with E-state index in [0.29, 0.717) is 5.92 Å². The molecule has 1 aromatic rings. The van der Waals surface area contributed by atoms with Crippen LogP contribution < -0.4 is 4.74 Å². The fraction of sp³-hybridized carbons (Fsp3) is 0.579. The molecule has 0 bridgehead atoms. The molecule has 0 N–H and O–H groups in total. The van der Waals surface area contributed by atoms with Crippen LogP contribution in [0.2, 0.25) is 0 Å². The van der Waals surface area contributed by atoms with Gasteiger partial charge >= 0.3 is 5.97 Å². The molecule has 1 aliphatic rings. The van der Waals surface area contributed by atoms with Crippen molar-refractivity contribution >= 4 is 5.97 Å². The van der Waals surface area contributed by atoms with Crippen molar-refractivity contribution in [2.75, 3.05) is 0 Å². The van der Waals surface area contributed by atoms with Crippen LogP contribution in [-0.4, -0.2) is 5.97 Å². The van der Waals surface area contributed by atoms with Gasteiger partial charge in [-0.25, -0.2) is 4.39 Å². The van der Waals surface area contributed by atoms with Crippen molar-refractivity contribution in [3.8, 4) is 11.8 Å². The number of carbonyl (C=O) groups is 1. The third-order valence-corrected chi connectivity index (χ3v) is 4.77. The number of hydrogen-bond acceptors (Lipinski definition) is 3. The number of benzene rings is 1. The molecule has 2 rings (SSSR count). The molecule has 0 spiro atoms. The molecule has 1 fully saturated rings. The summed E-state index contributed by atoms with van der Waals surface area (Å²) in [5.74, 6) is -3.11. The summed E-state index contributed by atoms with van der Waals surface area (Å²) in [5.41, 5.74) is -0.403. The molecule has 3 nitrogen and oxygen atoms in total. The van der Waals surface area contributed by atoms with Gasteiger partial charge in [0, 0.05) is 0 Å². The average Bonchev–Trinajstić information content (AvgIpc) is 2.60. The van der Waals surface area contributed by atoms with Crippen molar-refractivity contribution in [1.82, 2.24) is 0 Å². The summed E-state index contributed by atoms with van der Waals surface area (Å²) in [4.78, 5) is 12.2. The van der Waals surface area contributed by atoms with E-state index >= 15 is 0 Å². The van der Waals surface area contributed by atoms with Crippen molar-refractivity contribution < 1.29 is 18.3 Å². The van der Waals surface area contributed by atoms with Gasteiger partial charge < -0.3 is 4.74 Å². The lowest BCUT2D eigenvalue weighted by Crippen LogP contribution is -2.26. The zero-order valence-electron chi connectivity index (χ0n) is 14.0. The predicted octanol–water partition coefficient (Wildman–Crippen LogP) is 5.13. The van der Waals surface area contributed by atoms with E-state index in [9.17, 15) is 13.6 Å². The van der Waals surface area contributed by atoms with Crippen molar-refractivity contribution in [3.05, 3.63) is 29.3 Å². The molecule has 1 aromatic carbocycles. The minimum atomic E-state index is -1.28. The summed E-state index contributed by atoms with van der Waals surface area (Å²) in [5, 5.41) is 8.66. The third kappa shape index (κ3) is 4.53. The van der Waals surface area contributed by atoms with Gasteiger partial charge in [0.15, 0.2) is 11.6 Å². The smallest absolute Gasteiger partial charge is 0.314 e. The summed E-state index contributed by atoms with van der Waals surface area (Å²) in [6, 6.07) is 3.80. The molecule has 0 aromatic heterocycles. The zero-order chi connectivity index (χ0) is 17.5. The Morgan fingerprint density at radius 3 is 2.54 bits per heavy atom. The van der Waals surface area contributed by atoms with Gasteiger partial charge in [0.1, 0.15) is 6.07 Å². The first-order valence-corrected chi connectivity index (χ1v) is 8.66.